The van der Waals surface area contributed by atoms with Gasteiger partial charge in [-0.15, -0.1) is 0 Å². The standard InChI is InChI=1S/C18H23N3O3/c1-12(2)19-17-15(18(22)23)10-13-5-7-21(8-6-16(13)20-17)11-14-4-3-9-24-14/h3-4,9-10,12H,5-8,11H2,1-2H3,(H,19,20)(H,22,23). The van der Waals surface area contributed by atoms with Gasteiger partial charge in [-0.3, -0.25) is 4.90 Å². The number of rotatable bonds is 5. The van der Waals surface area contributed by atoms with E-state index < -0.39 is 5.97 Å². The second-order valence-electron chi connectivity index (χ2n) is 6.45. The second-order valence-corrected chi connectivity index (χ2v) is 6.45. The first-order chi connectivity index (χ1) is 11.5. The minimum atomic E-state index is -0.940. The molecule has 2 N–H and O–H groups in total. The lowest BCUT2D eigenvalue weighted by Crippen LogP contribution is -2.25. The number of nitrogens with zero attached hydrogens (tertiary/aromatic N) is 2. The lowest BCUT2D eigenvalue weighted by Gasteiger charge is -2.17. The van der Waals surface area contributed by atoms with Gasteiger partial charge in [-0.2, -0.15) is 0 Å². The summed E-state index contributed by atoms with van der Waals surface area (Å²) >= 11 is 0. The Labute approximate surface area is 141 Å². The summed E-state index contributed by atoms with van der Waals surface area (Å²) in [6, 6.07) is 5.79. The molecule has 2 aromatic heterocycles. The van der Waals surface area contributed by atoms with Crippen LogP contribution in [0.4, 0.5) is 5.82 Å². The average molecular weight is 329 g/mol. The van der Waals surface area contributed by atoms with Crippen LogP contribution in [0.5, 0.6) is 0 Å². The highest BCUT2D eigenvalue weighted by Crippen LogP contribution is 2.23. The van der Waals surface area contributed by atoms with Crippen molar-refractivity contribution in [3.05, 3.63) is 47.0 Å². The van der Waals surface area contributed by atoms with Crippen LogP contribution in [0.15, 0.2) is 28.9 Å². The predicted molar refractivity (Wildman–Crippen MR) is 91.3 cm³/mol. The summed E-state index contributed by atoms with van der Waals surface area (Å²) in [7, 11) is 0. The van der Waals surface area contributed by atoms with Gasteiger partial charge in [0.2, 0.25) is 0 Å². The molecule has 0 saturated carbocycles. The number of nitrogens with one attached hydrogen (secondary N) is 1. The maximum atomic E-state index is 11.5. The van der Waals surface area contributed by atoms with E-state index in [2.05, 4.69) is 15.2 Å². The van der Waals surface area contributed by atoms with Crippen LogP contribution in [0, 0.1) is 0 Å². The lowest BCUT2D eigenvalue weighted by molar-refractivity contribution is 0.0697. The molecule has 6 heteroatoms. The number of carboxylic acids is 1. The Morgan fingerprint density at radius 2 is 2.21 bits per heavy atom. The van der Waals surface area contributed by atoms with Gasteiger partial charge in [-0.25, -0.2) is 9.78 Å². The zero-order chi connectivity index (χ0) is 17.1. The smallest absolute Gasteiger partial charge is 0.339 e. The zero-order valence-electron chi connectivity index (χ0n) is 14.1. The third-order valence-corrected chi connectivity index (χ3v) is 4.17. The van der Waals surface area contributed by atoms with E-state index in [0.29, 0.717) is 5.82 Å². The Balaban J connectivity index is 1.81. The van der Waals surface area contributed by atoms with Crippen molar-refractivity contribution in [1.82, 2.24) is 9.88 Å². The van der Waals surface area contributed by atoms with Crippen molar-refractivity contribution in [2.75, 3.05) is 18.4 Å². The van der Waals surface area contributed by atoms with Gasteiger partial charge in [0.25, 0.3) is 0 Å². The Hall–Kier alpha value is -2.34. The topological polar surface area (TPSA) is 78.6 Å². The van der Waals surface area contributed by atoms with Crippen LogP contribution in [0.1, 0.15) is 41.2 Å². The number of carbonyl (C=O) groups is 1. The van der Waals surface area contributed by atoms with Crippen LogP contribution in [-0.4, -0.2) is 40.1 Å². The van der Waals surface area contributed by atoms with E-state index in [1.807, 2.05) is 26.0 Å². The molecule has 0 fully saturated rings. The van der Waals surface area contributed by atoms with Crippen molar-refractivity contribution in [1.29, 1.82) is 0 Å². The summed E-state index contributed by atoms with van der Waals surface area (Å²) in [4.78, 5) is 18.5. The molecule has 0 amide bonds. The van der Waals surface area contributed by atoms with E-state index in [1.165, 1.54) is 0 Å². The Bertz CT molecular complexity index is 711. The summed E-state index contributed by atoms with van der Waals surface area (Å²) < 4.78 is 5.42. The van der Waals surface area contributed by atoms with E-state index in [9.17, 15) is 9.90 Å². The fourth-order valence-corrected chi connectivity index (χ4v) is 3.01. The van der Waals surface area contributed by atoms with E-state index >= 15 is 0 Å². The quantitative estimate of drug-likeness (QED) is 0.878. The number of aromatic carboxylic acids is 1. The summed E-state index contributed by atoms with van der Waals surface area (Å²) in [5, 5.41) is 12.6. The molecule has 0 aromatic carbocycles. The highest BCUT2D eigenvalue weighted by molar-refractivity contribution is 5.93. The summed E-state index contributed by atoms with van der Waals surface area (Å²) in [5.41, 5.74) is 2.27. The predicted octanol–water partition coefficient (Wildman–Crippen LogP) is 2.79. The van der Waals surface area contributed by atoms with Crippen LogP contribution in [0.3, 0.4) is 0 Å². The molecule has 3 heterocycles. The number of anilines is 1. The summed E-state index contributed by atoms with van der Waals surface area (Å²) in [6.45, 7) is 6.47. The van der Waals surface area contributed by atoms with Crippen LogP contribution >= 0.6 is 0 Å². The number of aromatic nitrogens is 1. The molecule has 6 nitrogen and oxygen atoms in total. The van der Waals surface area contributed by atoms with Gasteiger partial charge in [-0.1, -0.05) is 0 Å². The third kappa shape index (κ3) is 3.76. The normalized spacial score (nSPS) is 15.1. The molecule has 1 aliphatic heterocycles. The third-order valence-electron chi connectivity index (χ3n) is 4.17. The van der Waals surface area contributed by atoms with Gasteiger partial charge in [0.1, 0.15) is 17.1 Å². The number of furan rings is 1. The molecule has 128 valence electrons. The van der Waals surface area contributed by atoms with Gasteiger partial charge in [0.05, 0.1) is 12.8 Å². The van der Waals surface area contributed by atoms with Crippen molar-refractivity contribution in [3.63, 3.8) is 0 Å². The Morgan fingerprint density at radius 3 is 2.88 bits per heavy atom. The molecule has 0 unspecified atom stereocenters. The van der Waals surface area contributed by atoms with E-state index in [0.717, 1.165) is 49.5 Å². The minimum Gasteiger partial charge on any atom is -0.478 e. The summed E-state index contributed by atoms with van der Waals surface area (Å²) in [5.74, 6) is 0.475. The molecule has 0 saturated heterocycles. The Kier molecular flexibility index (Phi) is 4.85. The molecule has 0 spiro atoms. The van der Waals surface area contributed by atoms with Crippen molar-refractivity contribution in [3.8, 4) is 0 Å². The molecule has 1 aliphatic rings. The highest BCUT2D eigenvalue weighted by Gasteiger charge is 2.21. The molecule has 24 heavy (non-hydrogen) atoms. The first kappa shape index (κ1) is 16.5. The van der Waals surface area contributed by atoms with Crippen LogP contribution in [-0.2, 0) is 19.4 Å². The summed E-state index contributed by atoms with van der Waals surface area (Å²) in [6.07, 6.45) is 3.29. The highest BCUT2D eigenvalue weighted by atomic mass is 16.4. The first-order valence-electron chi connectivity index (χ1n) is 8.30. The van der Waals surface area contributed by atoms with Crippen molar-refractivity contribution in [2.45, 2.75) is 39.3 Å². The van der Waals surface area contributed by atoms with E-state index in [1.54, 1.807) is 12.3 Å². The maximum absolute atomic E-state index is 11.5. The molecular weight excluding hydrogens is 306 g/mol. The first-order valence-corrected chi connectivity index (χ1v) is 8.30. The second kappa shape index (κ2) is 7.05. The van der Waals surface area contributed by atoms with E-state index in [4.69, 9.17) is 4.42 Å². The molecule has 0 bridgehead atoms. The number of pyridine rings is 1. The van der Waals surface area contributed by atoms with Gasteiger partial charge in [-0.05, 0) is 44.0 Å². The number of hydrogen-bond acceptors (Lipinski definition) is 5. The van der Waals surface area contributed by atoms with Gasteiger partial charge in [0.15, 0.2) is 0 Å². The molecule has 0 aliphatic carbocycles. The van der Waals surface area contributed by atoms with Gasteiger partial charge >= 0.3 is 5.97 Å². The van der Waals surface area contributed by atoms with Crippen molar-refractivity contribution < 1.29 is 14.3 Å². The molecular formula is C18H23N3O3. The largest absolute Gasteiger partial charge is 0.478 e. The fraction of sp³-hybridized carbons (Fsp3) is 0.444. The number of carboxylic acid groups (broad SMARTS) is 1. The number of hydrogen-bond donors (Lipinski definition) is 2. The zero-order valence-corrected chi connectivity index (χ0v) is 14.1. The van der Waals surface area contributed by atoms with Gasteiger partial charge < -0.3 is 14.8 Å². The van der Waals surface area contributed by atoms with Crippen LogP contribution in [0.25, 0.3) is 0 Å². The lowest BCUT2D eigenvalue weighted by atomic mass is 10.1. The van der Waals surface area contributed by atoms with Crippen molar-refractivity contribution >= 4 is 11.8 Å². The molecule has 0 atom stereocenters. The minimum absolute atomic E-state index is 0.134. The van der Waals surface area contributed by atoms with Gasteiger partial charge in [0, 0.05) is 31.2 Å². The SMILES string of the molecule is CC(C)Nc1nc2c(cc1C(=O)O)CCN(Cc1ccco1)CC2. The molecule has 2 aromatic rings. The van der Waals surface area contributed by atoms with Crippen LogP contribution < -0.4 is 5.32 Å². The van der Waals surface area contributed by atoms with E-state index in [-0.39, 0.29) is 11.6 Å². The monoisotopic (exact) mass is 329 g/mol. The molecule has 0 radical (unpaired) electrons. The van der Waals surface area contributed by atoms with Crippen molar-refractivity contribution in [2.24, 2.45) is 0 Å². The Morgan fingerprint density at radius 1 is 1.42 bits per heavy atom. The van der Waals surface area contributed by atoms with Crippen LogP contribution in [0.2, 0.25) is 0 Å². The fourth-order valence-electron chi connectivity index (χ4n) is 3.01. The maximum Gasteiger partial charge on any atom is 0.339 e. The average Bonchev–Trinajstić information content (AvgIpc) is 2.95. The molecule has 3 rings (SSSR count). The number of fused-ring (bicyclic) bond motifs is 1.